The largest absolute Gasteiger partial charge is 0.463 e. The molecule has 0 saturated carbocycles. The molecule has 0 radical (unpaired) electrons. The molecule has 24 heavy (non-hydrogen) atoms. The summed E-state index contributed by atoms with van der Waals surface area (Å²) in [5.74, 6) is -0.637. The van der Waals surface area contributed by atoms with Crippen molar-refractivity contribution in [2.24, 2.45) is 0 Å². The summed E-state index contributed by atoms with van der Waals surface area (Å²) in [6.07, 6.45) is 1.96. The fourth-order valence-corrected chi connectivity index (χ4v) is 3.22. The van der Waals surface area contributed by atoms with Gasteiger partial charge in [-0.3, -0.25) is 14.9 Å². The Bertz CT molecular complexity index is 730. The average Bonchev–Trinajstić information content (AvgIpc) is 3.09. The second-order valence-electron chi connectivity index (χ2n) is 5.54. The van der Waals surface area contributed by atoms with Crippen LogP contribution in [0, 0.1) is 10.1 Å². The van der Waals surface area contributed by atoms with Crippen LogP contribution in [0.25, 0.3) is 0 Å². The van der Waals surface area contributed by atoms with E-state index >= 15 is 0 Å². The van der Waals surface area contributed by atoms with Crippen LogP contribution in [0.5, 0.6) is 0 Å². The van der Waals surface area contributed by atoms with Gasteiger partial charge in [0.05, 0.1) is 17.6 Å². The van der Waals surface area contributed by atoms with Crippen molar-refractivity contribution in [2.45, 2.75) is 25.8 Å². The molecule has 2 heterocycles. The van der Waals surface area contributed by atoms with E-state index in [2.05, 4.69) is 0 Å². The fraction of sp³-hybridized carbons (Fsp3) is 0.375. The maximum Gasteiger partial charge on any atom is 0.332 e. The van der Waals surface area contributed by atoms with Crippen LogP contribution in [0.15, 0.2) is 36.0 Å². The maximum absolute atomic E-state index is 12.2. The molecule has 2 aliphatic rings. The molecule has 126 valence electrons. The summed E-state index contributed by atoms with van der Waals surface area (Å²) in [5.41, 5.74) is 1.06. The van der Waals surface area contributed by atoms with Crippen molar-refractivity contribution in [1.82, 2.24) is 10.0 Å². The minimum Gasteiger partial charge on any atom is -0.463 e. The van der Waals surface area contributed by atoms with Gasteiger partial charge in [0.2, 0.25) is 5.91 Å². The van der Waals surface area contributed by atoms with Crippen LogP contribution in [-0.2, 0) is 14.3 Å². The van der Waals surface area contributed by atoms with Gasteiger partial charge in [0, 0.05) is 42.8 Å². The Morgan fingerprint density at radius 2 is 2.21 bits per heavy atom. The fourth-order valence-electron chi connectivity index (χ4n) is 3.22. The number of hydrazine groups is 1. The second kappa shape index (κ2) is 6.40. The monoisotopic (exact) mass is 331 g/mol. The summed E-state index contributed by atoms with van der Waals surface area (Å²) in [6.45, 7) is 2.41. The maximum atomic E-state index is 12.2. The number of ether oxygens (including phenoxy) is 1. The molecule has 1 amide bonds. The number of carbonyl (C=O) groups is 2. The van der Waals surface area contributed by atoms with Gasteiger partial charge < -0.3 is 4.74 Å². The molecular formula is C16H17N3O5. The first-order chi connectivity index (χ1) is 11.5. The molecule has 1 atom stereocenters. The van der Waals surface area contributed by atoms with Gasteiger partial charge in [-0.2, -0.15) is 0 Å². The lowest BCUT2D eigenvalue weighted by Gasteiger charge is -2.24. The van der Waals surface area contributed by atoms with Gasteiger partial charge in [0.15, 0.2) is 0 Å². The number of carbonyl (C=O) groups excluding carboxylic acids is 2. The van der Waals surface area contributed by atoms with Crippen molar-refractivity contribution in [3.63, 3.8) is 0 Å². The molecule has 0 aromatic heterocycles. The van der Waals surface area contributed by atoms with Crippen LogP contribution in [0.3, 0.4) is 0 Å². The molecule has 8 nitrogen and oxygen atoms in total. The third kappa shape index (κ3) is 2.76. The van der Waals surface area contributed by atoms with Crippen LogP contribution in [0.4, 0.5) is 5.69 Å². The number of amides is 1. The minimum absolute atomic E-state index is 0.0131. The topological polar surface area (TPSA) is 93.0 Å². The van der Waals surface area contributed by atoms with Crippen molar-refractivity contribution in [1.29, 1.82) is 0 Å². The van der Waals surface area contributed by atoms with Gasteiger partial charge in [0.1, 0.15) is 0 Å². The van der Waals surface area contributed by atoms with E-state index in [0.29, 0.717) is 30.6 Å². The van der Waals surface area contributed by atoms with E-state index in [1.807, 2.05) is 0 Å². The molecule has 0 spiro atoms. The lowest BCUT2D eigenvalue weighted by molar-refractivity contribution is -0.386. The highest BCUT2D eigenvalue weighted by atomic mass is 16.6. The van der Waals surface area contributed by atoms with Crippen molar-refractivity contribution < 1.29 is 19.2 Å². The summed E-state index contributed by atoms with van der Waals surface area (Å²) in [6, 6.07) is 6.14. The molecule has 8 heteroatoms. The number of hydrogen-bond acceptors (Lipinski definition) is 6. The number of hydrogen-bond donors (Lipinski definition) is 0. The summed E-state index contributed by atoms with van der Waals surface area (Å²) >= 11 is 0. The predicted molar refractivity (Wildman–Crippen MR) is 83.3 cm³/mol. The van der Waals surface area contributed by atoms with E-state index in [1.54, 1.807) is 30.1 Å². The molecule has 3 rings (SSSR count). The number of benzene rings is 1. The number of para-hydroxylation sites is 1. The Balaban J connectivity index is 1.98. The zero-order valence-corrected chi connectivity index (χ0v) is 13.2. The molecule has 2 aliphatic heterocycles. The Hall–Kier alpha value is -2.74. The first-order valence-corrected chi connectivity index (χ1v) is 7.73. The number of nitrogens with zero attached hydrogens (tertiary/aromatic N) is 3. The van der Waals surface area contributed by atoms with Crippen molar-refractivity contribution in [2.75, 3.05) is 13.2 Å². The minimum atomic E-state index is -0.518. The van der Waals surface area contributed by atoms with Crippen LogP contribution in [0.2, 0.25) is 0 Å². The van der Waals surface area contributed by atoms with Gasteiger partial charge in [-0.15, -0.1) is 0 Å². The highest BCUT2D eigenvalue weighted by Gasteiger charge is 2.45. The average molecular weight is 331 g/mol. The van der Waals surface area contributed by atoms with E-state index < -0.39 is 10.9 Å². The summed E-state index contributed by atoms with van der Waals surface area (Å²) < 4.78 is 4.91. The van der Waals surface area contributed by atoms with Crippen molar-refractivity contribution in [3.8, 4) is 0 Å². The Kier molecular flexibility index (Phi) is 4.30. The van der Waals surface area contributed by atoms with Crippen LogP contribution >= 0.6 is 0 Å². The van der Waals surface area contributed by atoms with Gasteiger partial charge >= 0.3 is 5.97 Å². The number of nitro benzene ring substituents is 1. The Morgan fingerprint density at radius 3 is 2.92 bits per heavy atom. The number of rotatable bonds is 4. The first-order valence-electron chi connectivity index (χ1n) is 7.73. The molecule has 2 saturated heterocycles. The van der Waals surface area contributed by atoms with E-state index in [1.165, 1.54) is 17.2 Å². The summed E-state index contributed by atoms with van der Waals surface area (Å²) in [7, 11) is 0. The van der Waals surface area contributed by atoms with Crippen molar-refractivity contribution >= 4 is 17.6 Å². The van der Waals surface area contributed by atoms with Gasteiger partial charge in [-0.25, -0.2) is 14.8 Å². The lowest BCUT2D eigenvalue weighted by atomic mass is 10.0. The van der Waals surface area contributed by atoms with Gasteiger partial charge in [-0.1, -0.05) is 18.2 Å². The lowest BCUT2D eigenvalue weighted by Crippen LogP contribution is -2.33. The van der Waals surface area contributed by atoms with Crippen LogP contribution in [-0.4, -0.2) is 40.0 Å². The quantitative estimate of drug-likeness (QED) is 0.362. The third-order valence-electron chi connectivity index (χ3n) is 4.15. The van der Waals surface area contributed by atoms with E-state index in [-0.39, 0.29) is 24.2 Å². The molecule has 1 unspecified atom stereocenters. The molecule has 0 N–H and O–H groups in total. The summed E-state index contributed by atoms with van der Waals surface area (Å²) in [4.78, 5) is 34.8. The van der Waals surface area contributed by atoms with Gasteiger partial charge in [0.25, 0.3) is 5.69 Å². The molecule has 0 aliphatic carbocycles. The standard InChI is InChI=1S/C16H17N3O5/c1-2-24-16(21)10-11-9-14(17-8-7-15(20)18(11)17)12-5-3-4-6-13(12)19(22)23/h3-6,10,14H,2,7-9H2,1H3/b11-10+. The Morgan fingerprint density at radius 1 is 1.46 bits per heavy atom. The number of esters is 1. The molecule has 0 bridgehead atoms. The zero-order chi connectivity index (χ0) is 17.3. The Labute approximate surface area is 138 Å². The molecular weight excluding hydrogens is 314 g/mol. The second-order valence-corrected chi connectivity index (χ2v) is 5.54. The van der Waals surface area contributed by atoms with Crippen molar-refractivity contribution in [3.05, 3.63) is 51.7 Å². The van der Waals surface area contributed by atoms with Crippen LogP contribution in [0.1, 0.15) is 31.4 Å². The predicted octanol–water partition coefficient (Wildman–Crippen LogP) is 1.94. The third-order valence-corrected chi connectivity index (χ3v) is 4.15. The highest BCUT2D eigenvalue weighted by Crippen LogP contribution is 2.44. The zero-order valence-electron chi connectivity index (χ0n) is 13.2. The molecule has 1 aromatic rings. The molecule has 2 fully saturated rings. The van der Waals surface area contributed by atoms with Gasteiger partial charge in [-0.05, 0) is 6.92 Å². The number of fused-ring (bicyclic) bond motifs is 1. The van der Waals surface area contributed by atoms with E-state index in [9.17, 15) is 19.7 Å². The van der Waals surface area contributed by atoms with Crippen LogP contribution < -0.4 is 0 Å². The summed E-state index contributed by atoms with van der Waals surface area (Å²) in [5, 5.41) is 14.5. The first kappa shape index (κ1) is 16.1. The number of nitro groups is 1. The molecule has 1 aromatic carbocycles. The highest BCUT2D eigenvalue weighted by molar-refractivity contribution is 5.86. The normalized spacial score (nSPS) is 22.0. The SMILES string of the molecule is CCOC(=O)/C=C1\CC(c2ccccc2[N+](=O)[O-])N2CCC(=O)N12. The van der Waals surface area contributed by atoms with E-state index in [4.69, 9.17) is 4.74 Å². The van der Waals surface area contributed by atoms with E-state index in [0.717, 1.165) is 0 Å². The smallest absolute Gasteiger partial charge is 0.332 e.